The third-order valence-corrected chi connectivity index (χ3v) is 13.4. The molecule has 0 aliphatic rings. The van der Waals surface area contributed by atoms with Crippen molar-refractivity contribution in [3.05, 3.63) is 36.5 Å². The van der Waals surface area contributed by atoms with Crippen LogP contribution in [0.5, 0.6) is 0 Å². The zero-order valence-corrected chi connectivity index (χ0v) is 45.6. The predicted molar refractivity (Wildman–Crippen MR) is 293 cm³/mol. The molecular weight excluding hydrogens is 841 g/mol. The fourth-order valence-corrected chi connectivity index (χ4v) is 8.82. The molecule has 398 valence electrons. The van der Waals surface area contributed by atoms with Crippen LogP contribution >= 0.6 is 0 Å². The third-order valence-electron chi connectivity index (χ3n) is 13.4. The number of esters is 3. The van der Waals surface area contributed by atoms with Gasteiger partial charge in [0.15, 0.2) is 6.10 Å². The number of rotatable bonds is 55. The minimum absolute atomic E-state index is 0.0721. The van der Waals surface area contributed by atoms with Crippen LogP contribution in [0.1, 0.15) is 323 Å². The second-order valence-corrected chi connectivity index (χ2v) is 20.3. The number of carbonyl (C=O) groups excluding carboxylic acids is 3. The summed E-state index contributed by atoms with van der Waals surface area (Å²) in [6, 6.07) is 0. The molecule has 6 heteroatoms. The zero-order chi connectivity index (χ0) is 49.3. The molecule has 68 heavy (non-hydrogen) atoms. The summed E-state index contributed by atoms with van der Waals surface area (Å²) in [5.74, 6) is -0.863. The van der Waals surface area contributed by atoms with Gasteiger partial charge in [0, 0.05) is 19.3 Å². The normalized spacial score (nSPS) is 12.2. The van der Waals surface area contributed by atoms with Crippen molar-refractivity contribution in [1.29, 1.82) is 0 Å². The first-order valence-corrected chi connectivity index (χ1v) is 30.0. The van der Waals surface area contributed by atoms with Crippen molar-refractivity contribution in [2.24, 2.45) is 0 Å². The summed E-state index contributed by atoms with van der Waals surface area (Å²) in [6.45, 7) is 6.65. The molecule has 0 fully saturated rings. The van der Waals surface area contributed by atoms with Gasteiger partial charge in [0.05, 0.1) is 0 Å². The molecule has 0 saturated carbocycles. The lowest BCUT2D eigenvalue weighted by atomic mass is 10.0. The van der Waals surface area contributed by atoms with Crippen LogP contribution in [-0.4, -0.2) is 37.2 Å². The third kappa shape index (κ3) is 54.6. The zero-order valence-electron chi connectivity index (χ0n) is 45.6. The van der Waals surface area contributed by atoms with Gasteiger partial charge in [-0.15, -0.1) is 0 Å². The van der Waals surface area contributed by atoms with Crippen molar-refractivity contribution in [3.8, 4) is 0 Å². The summed E-state index contributed by atoms with van der Waals surface area (Å²) in [7, 11) is 0. The van der Waals surface area contributed by atoms with Crippen LogP contribution in [0.4, 0.5) is 0 Å². The Balaban J connectivity index is 4.34. The van der Waals surface area contributed by atoms with Gasteiger partial charge in [-0.2, -0.15) is 0 Å². The lowest BCUT2D eigenvalue weighted by Crippen LogP contribution is -2.30. The molecule has 0 amide bonds. The number of carbonyl (C=O) groups is 3. The molecular formula is C62H114O6. The van der Waals surface area contributed by atoms with Crippen molar-refractivity contribution in [2.45, 2.75) is 329 Å². The molecule has 0 aromatic rings. The van der Waals surface area contributed by atoms with Gasteiger partial charge in [-0.3, -0.25) is 14.4 Å². The summed E-state index contributed by atoms with van der Waals surface area (Å²) in [6.07, 6.45) is 68.4. The van der Waals surface area contributed by atoms with E-state index in [1.165, 1.54) is 212 Å². The topological polar surface area (TPSA) is 78.9 Å². The highest BCUT2D eigenvalue weighted by Crippen LogP contribution is 2.16. The van der Waals surface area contributed by atoms with Crippen molar-refractivity contribution in [3.63, 3.8) is 0 Å². The van der Waals surface area contributed by atoms with Crippen LogP contribution in [0.25, 0.3) is 0 Å². The smallest absolute Gasteiger partial charge is 0.306 e. The lowest BCUT2D eigenvalue weighted by Gasteiger charge is -2.18. The highest BCUT2D eigenvalue weighted by Gasteiger charge is 2.19. The van der Waals surface area contributed by atoms with Crippen LogP contribution in [0.15, 0.2) is 36.5 Å². The molecule has 0 rings (SSSR count). The van der Waals surface area contributed by atoms with E-state index >= 15 is 0 Å². The Hall–Kier alpha value is -2.37. The van der Waals surface area contributed by atoms with Crippen LogP contribution in [0, 0.1) is 0 Å². The summed E-state index contributed by atoms with van der Waals surface area (Å²) >= 11 is 0. The van der Waals surface area contributed by atoms with E-state index in [0.29, 0.717) is 19.3 Å². The predicted octanol–water partition coefficient (Wildman–Crippen LogP) is 20.0. The molecule has 0 bridgehead atoms. The molecule has 6 nitrogen and oxygen atoms in total. The van der Waals surface area contributed by atoms with E-state index in [2.05, 4.69) is 57.2 Å². The Morgan fingerprint density at radius 1 is 0.294 bits per heavy atom. The molecule has 0 heterocycles. The first-order chi connectivity index (χ1) is 33.5. The highest BCUT2D eigenvalue weighted by atomic mass is 16.6. The maximum absolute atomic E-state index is 12.9. The van der Waals surface area contributed by atoms with Gasteiger partial charge < -0.3 is 14.2 Å². The van der Waals surface area contributed by atoms with E-state index in [1.54, 1.807) is 0 Å². The summed E-state index contributed by atoms with van der Waals surface area (Å²) in [5.41, 5.74) is 0. The Morgan fingerprint density at radius 3 is 0.853 bits per heavy atom. The van der Waals surface area contributed by atoms with Crippen LogP contribution in [-0.2, 0) is 28.6 Å². The molecule has 0 N–H and O–H groups in total. The van der Waals surface area contributed by atoms with E-state index in [4.69, 9.17) is 14.2 Å². The minimum atomic E-state index is -0.774. The average molecular weight is 956 g/mol. The quantitative estimate of drug-likeness (QED) is 0.0262. The van der Waals surface area contributed by atoms with Gasteiger partial charge in [-0.25, -0.2) is 0 Å². The number of hydrogen-bond acceptors (Lipinski definition) is 6. The van der Waals surface area contributed by atoms with Gasteiger partial charge in [-0.1, -0.05) is 263 Å². The molecule has 0 saturated heterocycles. The second-order valence-electron chi connectivity index (χ2n) is 20.3. The number of ether oxygens (including phenoxy) is 3. The van der Waals surface area contributed by atoms with Gasteiger partial charge in [-0.05, 0) is 77.0 Å². The fourth-order valence-electron chi connectivity index (χ4n) is 8.82. The second kappa shape index (κ2) is 57.2. The monoisotopic (exact) mass is 955 g/mol. The Morgan fingerprint density at radius 2 is 0.529 bits per heavy atom. The minimum Gasteiger partial charge on any atom is -0.462 e. The largest absolute Gasteiger partial charge is 0.462 e. The Bertz CT molecular complexity index is 1140. The molecule has 0 aromatic heterocycles. The number of allylic oxidation sites excluding steroid dienone is 6. The Labute approximate surface area is 423 Å². The van der Waals surface area contributed by atoms with Crippen molar-refractivity contribution in [1.82, 2.24) is 0 Å². The molecule has 0 radical (unpaired) electrons. The molecule has 0 aliphatic heterocycles. The number of unbranched alkanes of at least 4 members (excludes halogenated alkanes) is 38. The average Bonchev–Trinajstić information content (AvgIpc) is 3.34. The molecule has 0 aliphatic carbocycles. The standard InChI is InChI=1S/C62H114O6/c1-4-7-10-13-16-19-22-25-28-30-31-33-34-37-40-43-46-49-52-55-61(64)67-58-59(57-66-60(63)54-51-48-45-42-39-36-27-24-21-18-15-12-9-6-3)68-62(65)56-53-50-47-44-41-38-35-32-29-26-23-20-17-14-11-8-5-2/h17,20,25-26,28-29,59H,4-16,18-19,21-24,27,30-58H2,1-3H3/b20-17-,28-25-,29-26-/t59-/m1/s1. The first-order valence-electron chi connectivity index (χ1n) is 30.0. The Kier molecular flexibility index (Phi) is 55.2. The van der Waals surface area contributed by atoms with E-state index < -0.39 is 6.10 Å². The van der Waals surface area contributed by atoms with E-state index in [0.717, 1.165) is 70.6 Å². The van der Waals surface area contributed by atoms with Crippen molar-refractivity contribution < 1.29 is 28.6 Å². The summed E-state index contributed by atoms with van der Waals surface area (Å²) in [5, 5.41) is 0. The lowest BCUT2D eigenvalue weighted by molar-refractivity contribution is -0.167. The summed E-state index contributed by atoms with van der Waals surface area (Å²) in [4.78, 5) is 38.2. The maximum Gasteiger partial charge on any atom is 0.306 e. The number of hydrogen-bond donors (Lipinski definition) is 0. The van der Waals surface area contributed by atoms with E-state index in [1.807, 2.05) is 0 Å². The summed E-state index contributed by atoms with van der Waals surface area (Å²) < 4.78 is 16.9. The van der Waals surface area contributed by atoms with E-state index in [9.17, 15) is 14.4 Å². The first kappa shape index (κ1) is 65.6. The SMILES string of the molecule is CCCCC/C=C\C/C=C\CCCCCCCCCC(=O)O[C@@H](COC(=O)CCCCCCCCCCC/C=C\CCCCCCCC)COC(=O)CCCCCCCCCCCCCCCC. The van der Waals surface area contributed by atoms with Crippen molar-refractivity contribution >= 4 is 17.9 Å². The van der Waals surface area contributed by atoms with Gasteiger partial charge in [0.1, 0.15) is 13.2 Å². The van der Waals surface area contributed by atoms with Gasteiger partial charge >= 0.3 is 17.9 Å². The molecule has 0 unspecified atom stereocenters. The van der Waals surface area contributed by atoms with Crippen molar-refractivity contribution in [2.75, 3.05) is 13.2 Å². The van der Waals surface area contributed by atoms with E-state index in [-0.39, 0.29) is 31.1 Å². The van der Waals surface area contributed by atoms with Gasteiger partial charge in [0.2, 0.25) is 0 Å². The van der Waals surface area contributed by atoms with Crippen LogP contribution in [0.2, 0.25) is 0 Å². The molecule has 1 atom stereocenters. The highest BCUT2D eigenvalue weighted by molar-refractivity contribution is 5.71. The fraction of sp³-hybridized carbons (Fsp3) is 0.855. The van der Waals surface area contributed by atoms with Crippen LogP contribution in [0.3, 0.4) is 0 Å². The molecule has 0 spiro atoms. The molecule has 0 aromatic carbocycles. The maximum atomic E-state index is 12.9. The van der Waals surface area contributed by atoms with Crippen LogP contribution < -0.4 is 0 Å². The van der Waals surface area contributed by atoms with Gasteiger partial charge in [0.25, 0.3) is 0 Å².